The van der Waals surface area contributed by atoms with Gasteiger partial charge in [-0.1, -0.05) is 103 Å². The van der Waals surface area contributed by atoms with Gasteiger partial charge in [-0.05, 0) is 105 Å². The van der Waals surface area contributed by atoms with Gasteiger partial charge in [-0.25, -0.2) is 0 Å². The summed E-state index contributed by atoms with van der Waals surface area (Å²) < 4.78 is 0. The van der Waals surface area contributed by atoms with Crippen molar-refractivity contribution < 1.29 is 10.2 Å². The lowest BCUT2D eigenvalue weighted by molar-refractivity contribution is 0.185. The molecular formula is C40H28O2. The molecular weight excluding hydrogens is 512 g/mol. The van der Waals surface area contributed by atoms with Gasteiger partial charge in [0.15, 0.2) is 0 Å². The summed E-state index contributed by atoms with van der Waals surface area (Å²) in [6.07, 6.45) is 0.716. The maximum absolute atomic E-state index is 10.5. The van der Waals surface area contributed by atoms with Gasteiger partial charge in [0.05, 0.1) is 12.2 Å². The molecule has 0 saturated carbocycles. The van der Waals surface area contributed by atoms with Crippen molar-refractivity contribution in [3.63, 3.8) is 0 Å². The first-order chi connectivity index (χ1) is 20.7. The minimum atomic E-state index is -0.377. The van der Waals surface area contributed by atoms with Gasteiger partial charge in [0.1, 0.15) is 0 Å². The van der Waals surface area contributed by atoms with Crippen molar-refractivity contribution in [2.75, 3.05) is 0 Å². The van der Waals surface area contributed by atoms with E-state index >= 15 is 0 Å². The second kappa shape index (κ2) is 8.87. The molecule has 0 bridgehead atoms. The summed E-state index contributed by atoms with van der Waals surface area (Å²) in [5.41, 5.74) is 4.77. The molecule has 0 heterocycles. The molecule has 2 atom stereocenters. The number of benzene rings is 8. The predicted molar refractivity (Wildman–Crippen MR) is 175 cm³/mol. The van der Waals surface area contributed by atoms with E-state index in [-0.39, 0.29) is 12.2 Å². The Hall–Kier alpha value is -4.76. The standard InChI is InChI=1S/2C20H14O/c21-19-11-17-15-8-4-1-5-12(15)9-16-14-7-3-2-6-13(14)10-18(19)20(16)17;21-19-11-18-15-9-8-12-4-1-2-6-14(12)17(15)10-13-5-3-7-16(19)20(13)18/h2*1-10,19,21H,11H2. The quantitative estimate of drug-likeness (QED) is 0.149. The van der Waals surface area contributed by atoms with Crippen LogP contribution in [-0.2, 0) is 12.8 Å². The smallest absolute Gasteiger partial charge is 0.0837 e. The van der Waals surface area contributed by atoms with Crippen molar-refractivity contribution >= 4 is 64.6 Å². The van der Waals surface area contributed by atoms with Crippen molar-refractivity contribution in [1.82, 2.24) is 0 Å². The number of hydrogen-bond donors (Lipinski definition) is 2. The molecule has 10 rings (SSSR count). The Morgan fingerprint density at radius 3 is 1.74 bits per heavy atom. The zero-order valence-electron chi connectivity index (χ0n) is 23.0. The van der Waals surface area contributed by atoms with E-state index in [2.05, 4.69) is 115 Å². The lowest BCUT2D eigenvalue weighted by Crippen LogP contribution is -1.92. The number of aliphatic hydroxyl groups is 2. The zero-order valence-corrected chi connectivity index (χ0v) is 23.0. The van der Waals surface area contributed by atoms with E-state index in [1.807, 2.05) is 6.07 Å². The molecule has 2 N–H and O–H groups in total. The molecule has 42 heavy (non-hydrogen) atoms. The molecule has 8 aromatic carbocycles. The third kappa shape index (κ3) is 3.34. The lowest BCUT2D eigenvalue weighted by atomic mass is 9.94. The fourth-order valence-electron chi connectivity index (χ4n) is 7.71. The van der Waals surface area contributed by atoms with Crippen LogP contribution >= 0.6 is 0 Å². The van der Waals surface area contributed by atoms with E-state index in [0.717, 1.165) is 24.0 Å². The van der Waals surface area contributed by atoms with Crippen LogP contribution in [0.2, 0.25) is 0 Å². The van der Waals surface area contributed by atoms with E-state index in [9.17, 15) is 10.2 Å². The molecule has 0 aliphatic heterocycles. The SMILES string of the molecule is OC1Cc2c3ccc4ccccc4c3cc3cccc1c23.OC1Cc2c3ccccc3cc3c2c1cc1ccccc13. The third-order valence-electron chi connectivity index (χ3n) is 9.55. The average Bonchev–Trinajstić information content (AvgIpc) is 3.55. The van der Waals surface area contributed by atoms with Crippen LogP contribution in [0.1, 0.15) is 34.5 Å². The first-order valence-electron chi connectivity index (χ1n) is 14.7. The molecule has 0 aromatic heterocycles. The van der Waals surface area contributed by atoms with Crippen LogP contribution in [0.25, 0.3) is 64.6 Å². The minimum Gasteiger partial charge on any atom is -0.388 e. The van der Waals surface area contributed by atoms with E-state index < -0.39 is 0 Å². The van der Waals surface area contributed by atoms with Crippen molar-refractivity contribution in [2.24, 2.45) is 0 Å². The Kier molecular flexibility index (Phi) is 5.05. The lowest BCUT2D eigenvalue weighted by Gasteiger charge is -2.10. The molecule has 2 aliphatic rings. The van der Waals surface area contributed by atoms with Gasteiger partial charge in [-0.3, -0.25) is 0 Å². The van der Waals surface area contributed by atoms with Gasteiger partial charge in [0, 0.05) is 12.8 Å². The van der Waals surface area contributed by atoms with E-state index in [4.69, 9.17) is 0 Å². The van der Waals surface area contributed by atoms with Crippen molar-refractivity contribution in [3.8, 4) is 0 Å². The van der Waals surface area contributed by atoms with Crippen molar-refractivity contribution in [3.05, 3.63) is 144 Å². The monoisotopic (exact) mass is 540 g/mol. The van der Waals surface area contributed by atoms with Gasteiger partial charge in [-0.15, -0.1) is 0 Å². The first-order valence-corrected chi connectivity index (χ1v) is 14.7. The van der Waals surface area contributed by atoms with Gasteiger partial charge in [-0.2, -0.15) is 0 Å². The summed E-state index contributed by atoms with van der Waals surface area (Å²) in [4.78, 5) is 0. The molecule has 2 heteroatoms. The second-order valence-electron chi connectivity index (χ2n) is 11.8. The molecule has 0 radical (unpaired) electrons. The highest BCUT2D eigenvalue weighted by atomic mass is 16.3. The fraction of sp³-hybridized carbons (Fsp3) is 0.100. The Morgan fingerprint density at radius 2 is 0.952 bits per heavy atom. The van der Waals surface area contributed by atoms with Crippen LogP contribution < -0.4 is 0 Å². The van der Waals surface area contributed by atoms with Crippen LogP contribution in [0.3, 0.4) is 0 Å². The van der Waals surface area contributed by atoms with Crippen molar-refractivity contribution in [1.29, 1.82) is 0 Å². The van der Waals surface area contributed by atoms with Gasteiger partial charge in [0.25, 0.3) is 0 Å². The maximum Gasteiger partial charge on any atom is 0.0837 e. The predicted octanol–water partition coefficient (Wildman–Crippen LogP) is 9.47. The van der Waals surface area contributed by atoms with Gasteiger partial charge < -0.3 is 10.2 Å². The van der Waals surface area contributed by atoms with E-state index in [1.165, 1.54) is 75.8 Å². The first kappa shape index (κ1) is 23.9. The Labute approximate surface area is 243 Å². The largest absolute Gasteiger partial charge is 0.388 e. The molecule has 2 unspecified atom stereocenters. The summed E-state index contributed by atoms with van der Waals surface area (Å²) in [6.45, 7) is 0. The van der Waals surface area contributed by atoms with Gasteiger partial charge in [0.2, 0.25) is 0 Å². The summed E-state index contributed by atoms with van der Waals surface area (Å²) >= 11 is 0. The van der Waals surface area contributed by atoms with Crippen LogP contribution in [0.4, 0.5) is 0 Å². The van der Waals surface area contributed by atoms with E-state index in [0.29, 0.717) is 0 Å². The molecule has 0 saturated heterocycles. The normalized spacial score (nSPS) is 17.1. The summed E-state index contributed by atoms with van der Waals surface area (Å²) in [5.74, 6) is 0. The number of fused-ring (bicyclic) bond motifs is 8. The Bertz CT molecular complexity index is 2400. The fourth-order valence-corrected chi connectivity index (χ4v) is 7.71. The highest BCUT2D eigenvalue weighted by Crippen LogP contribution is 2.45. The highest BCUT2D eigenvalue weighted by molar-refractivity contribution is 6.17. The third-order valence-corrected chi connectivity index (χ3v) is 9.55. The van der Waals surface area contributed by atoms with Crippen LogP contribution in [0, 0.1) is 0 Å². The topological polar surface area (TPSA) is 40.5 Å². The average molecular weight is 541 g/mol. The van der Waals surface area contributed by atoms with Crippen molar-refractivity contribution in [2.45, 2.75) is 25.0 Å². The second-order valence-corrected chi connectivity index (χ2v) is 11.8. The molecule has 2 nitrogen and oxygen atoms in total. The molecule has 0 spiro atoms. The molecule has 200 valence electrons. The summed E-state index contributed by atoms with van der Waals surface area (Å²) in [7, 11) is 0. The Balaban J connectivity index is 0.000000119. The summed E-state index contributed by atoms with van der Waals surface area (Å²) in [5, 5.41) is 36.0. The highest BCUT2D eigenvalue weighted by Gasteiger charge is 2.26. The van der Waals surface area contributed by atoms with Crippen LogP contribution in [0.15, 0.2) is 121 Å². The van der Waals surface area contributed by atoms with Gasteiger partial charge >= 0.3 is 0 Å². The zero-order chi connectivity index (χ0) is 27.9. The van der Waals surface area contributed by atoms with Crippen LogP contribution in [0.5, 0.6) is 0 Å². The minimum absolute atomic E-state index is 0.360. The molecule has 0 fully saturated rings. The number of hydrogen-bond acceptors (Lipinski definition) is 2. The molecule has 2 aliphatic carbocycles. The Morgan fingerprint density at radius 1 is 0.381 bits per heavy atom. The van der Waals surface area contributed by atoms with Crippen LogP contribution in [-0.4, -0.2) is 10.2 Å². The number of rotatable bonds is 0. The summed E-state index contributed by atoms with van der Waals surface area (Å²) in [6, 6.07) is 42.8. The maximum atomic E-state index is 10.5. The van der Waals surface area contributed by atoms with E-state index in [1.54, 1.807) is 0 Å². The number of aliphatic hydroxyl groups excluding tert-OH is 2. The molecule has 8 aromatic rings. The molecule has 0 amide bonds.